The van der Waals surface area contributed by atoms with Crippen LogP contribution in [0.4, 0.5) is 0 Å². The van der Waals surface area contributed by atoms with Crippen LogP contribution in [0.15, 0.2) is 48.5 Å². The summed E-state index contributed by atoms with van der Waals surface area (Å²) in [5, 5.41) is 0. The van der Waals surface area contributed by atoms with Gasteiger partial charge in [0.1, 0.15) is 0 Å². The lowest BCUT2D eigenvalue weighted by Crippen LogP contribution is -2.42. The second kappa shape index (κ2) is 8.63. The zero-order chi connectivity index (χ0) is 20.1. The summed E-state index contributed by atoms with van der Waals surface area (Å²) in [4.78, 5) is 16.6. The summed E-state index contributed by atoms with van der Waals surface area (Å²) >= 11 is 0. The van der Waals surface area contributed by atoms with Crippen LogP contribution in [0.2, 0.25) is 0 Å². The number of hydrogen-bond acceptors (Lipinski definition) is 5. The number of carbonyl (C=O) groups excluding carboxylic acids is 1. The number of carbonyl (C=O) groups is 1. The van der Waals surface area contributed by atoms with Crippen LogP contribution in [0.5, 0.6) is 0 Å². The fraction of sp³-hybridized carbons (Fsp3) is 0.400. The van der Waals surface area contributed by atoms with Crippen LogP contribution in [0.1, 0.15) is 45.9 Å². The number of nitrogens with zero attached hydrogens (tertiary/aromatic N) is 1. The van der Waals surface area contributed by atoms with Crippen molar-refractivity contribution in [1.82, 2.24) is 9.71 Å². The molecule has 0 radical (unpaired) electrons. The van der Waals surface area contributed by atoms with Crippen molar-refractivity contribution in [2.24, 2.45) is 0 Å². The third kappa shape index (κ3) is 5.61. The lowest BCUT2D eigenvalue weighted by molar-refractivity contribution is -0.143. The molecule has 2 rings (SSSR count). The van der Waals surface area contributed by atoms with Crippen LogP contribution >= 0.6 is 0 Å². The minimum atomic E-state index is -3.68. The number of pyridine rings is 1. The first kappa shape index (κ1) is 21.1. The van der Waals surface area contributed by atoms with Gasteiger partial charge >= 0.3 is 5.97 Å². The quantitative estimate of drug-likeness (QED) is 0.732. The Morgan fingerprint density at radius 1 is 1.11 bits per heavy atom. The van der Waals surface area contributed by atoms with Gasteiger partial charge in [0, 0.05) is 5.56 Å². The van der Waals surface area contributed by atoms with E-state index in [1.807, 2.05) is 36.4 Å². The number of hydrogen-bond donors (Lipinski definition) is 1. The molecule has 0 saturated carbocycles. The molecule has 0 fully saturated rings. The maximum absolute atomic E-state index is 12.6. The molecular weight excluding hydrogens is 364 g/mol. The van der Waals surface area contributed by atoms with Crippen molar-refractivity contribution in [2.45, 2.75) is 44.9 Å². The second-order valence-electron chi connectivity index (χ2n) is 7.11. The van der Waals surface area contributed by atoms with E-state index in [1.54, 1.807) is 39.8 Å². The van der Waals surface area contributed by atoms with E-state index >= 15 is 0 Å². The average Bonchev–Trinajstić information content (AvgIpc) is 2.61. The van der Waals surface area contributed by atoms with Gasteiger partial charge in [-0.1, -0.05) is 36.4 Å². The normalized spacial score (nSPS) is 13.2. The minimum Gasteiger partial charge on any atom is -0.466 e. The van der Waals surface area contributed by atoms with Crippen LogP contribution in [0.25, 0.3) is 11.3 Å². The van der Waals surface area contributed by atoms with Crippen molar-refractivity contribution in [1.29, 1.82) is 0 Å². The van der Waals surface area contributed by atoms with Crippen LogP contribution < -0.4 is 4.72 Å². The van der Waals surface area contributed by atoms with Crippen LogP contribution in [-0.2, 0) is 19.6 Å². The van der Waals surface area contributed by atoms with Crippen molar-refractivity contribution < 1.29 is 17.9 Å². The van der Waals surface area contributed by atoms with Crippen LogP contribution in [-0.4, -0.2) is 30.7 Å². The van der Waals surface area contributed by atoms with Gasteiger partial charge in [-0.05, 0) is 39.8 Å². The molecule has 27 heavy (non-hydrogen) atoms. The maximum atomic E-state index is 12.6. The highest BCUT2D eigenvalue weighted by Gasteiger charge is 2.33. The van der Waals surface area contributed by atoms with Crippen LogP contribution in [0, 0.1) is 0 Å². The van der Waals surface area contributed by atoms with E-state index < -0.39 is 26.8 Å². The van der Waals surface area contributed by atoms with E-state index in [4.69, 9.17) is 4.74 Å². The largest absolute Gasteiger partial charge is 0.466 e. The van der Waals surface area contributed by atoms with Gasteiger partial charge in [0.25, 0.3) is 0 Å². The molecule has 7 heteroatoms. The van der Waals surface area contributed by atoms with E-state index in [-0.39, 0.29) is 13.0 Å². The van der Waals surface area contributed by atoms with Gasteiger partial charge in [0.05, 0.1) is 35.2 Å². The van der Waals surface area contributed by atoms with Gasteiger partial charge in [-0.2, -0.15) is 0 Å². The molecule has 0 spiro atoms. The Kier molecular flexibility index (Phi) is 6.73. The molecule has 1 aromatic heterocycles. The molecule has 1 N–H and O–H groups in total. The third-order valence-electron chi connectivity index (χ3n) is 3.98. The van der Waals surface area contributed by atoms with Crippen molar-refractivity contribution in [3.05, 3.63) is 54.2 Å². The van der Waals surface area contributed by atoms with Crippen molar-refractivity contribution >= 4 is 16.0 Å². The predicted molar refractivity (Wildman–Crippen MR) is 105 cm³/mol. The van der Waals surface area contributed by atoms with E-state index in [0.29, 0.717) is 11.4 Å². The summed E-state index contributed by atoms with van der Waals surface area (Å²) in [6.07, 6.45) is -0.131. The van der Waals surface area contributed by atoms with Gasteiger partial charge in [-0.3, -0.25) is 9.78 Å². The Hall–Kier alpha value is -2.25. The standard InChI is InChI=1S/C20H26N2O4S/c1-5-26-19(23)14-18(22-27(24,25)20(2,3)4)17-13-9-12-16(21-17)15-10-7-6-8-11-15/h6-13,18,22H,5,14H2,1-4H3/t18-/m0/s1. The van der Waals surface area contributed by atoms with Crippen molar-refractivity contribution in [2.75, 3.05) is 6.61 Å². The summed E-state index contributed by atoms with van der Waals surface area (Å²) in [5.74, 6) is -0.481. The number of sulfonamides is 1. The van der Waals surface area contributed by atoms with E-state index in [9.17, 15) is 13.2 Å². The second-order valence-corrected chi connectivity index (χ2v) is 9.58. The lowest BCUT2D eigenvalue weighted by Gasteiger charge is -2.25. The van der Waals surface area contributed by atoms with Gasteiger partial charge in [-0.15, -0.1) is 0 Å². The van der Waals surface area contributed by atoms with Crippen molar-refractivity contribution in [3.63, 3.8) is 0 Å². The first-order valence-corrected chi connectivity index (χ1v) is 10.3. The van der Waals surface area contributed by atoms with E-state index in [2.05, 4.69) is 9.71 Å². The van der Waals surface area contributed by atoms with Gasteiger partial charge < -0.3 is 4.74 Å². The highest BCUT2D eigenvalue weighted by molar-refractivity contribution is 7.90. The fourth-order valence-corrected chi connectivity index (χ4v) is 3.30. The SMILES string of the molecule is CCOC(=O)C[C@H](NS(=O)(=O)C(C)(C)C)c1cccc(-c2ccccc2)n1. The minimum absolute atomic E-state index is 0.131. The lowest BCUT2D eigenvalue weighted by atomic mass is 10.1. The average molecular weight is 391 g/mol. The fourth-order valence-electron chi connectivity index (χ4n) is 2.37. The Labute approximate surface area is 161 Å². The molecule has 2 aromatic rings. The smallest absolute Gasteiger partial charge is 0.307 e. The van der Waals surface area contributed by atoms with Gasteiger partial charge in [-0.25, -0.2) is 13.1 Å². The number of benzene rings is 1. The third-order valence-corrected chi connectivity index (χ3v) is 6.18. The highest BCUT2D eigenvalue weighted by Crippen LogP contribution is 2.24. The molecule has 0 amide bonds. The Morgan fingerprint density at radius 3 is 2.37 bits per heavy atom. The highest BCUT2D eigenvalue weighted by atomic mass is 32.2. The molecule has 0 bridgehead atoms. The Balaban J connectivity index is 2.40. The summed E-state index contributed by atoms with van der Waals surface area (Å²) in [5.41, 5.74) is 2.09. The summed E-state index contributed by atoms with van der Waals surface area (Å²) in [6.45, 7) is 6.75. The summed E-state index contributed by atoms with van der Waals surface area (Å²) in [6, 6.07) is 14.1. The summed E-state index contributed by atoms with van der Waals surface area (Å²) < 4.78 is 31.9. The van der Waals surface area contributed by atoms with Gasteiger partial charge in [0.2, 0.25) is 10.0 Å². The molecule has 0 aliphatic rings. The van der Waals surface area contributed by atoms with Crippen LogP contribution in [0.3, 0.4) is 0 Å². The van der Waals surface area contributed by atoms with Crippen molar-refractivity contribution in [3.8, 4) is 11.3 Å². The number of aromatic nitrogens is 1. The maximum Gasteiger partial charge on any atom is 0.307 e. The van der Waals surface area contributed by atoms with Gasteiger partial charge in [0.15, 0.2) is 0 Å². The molecule has 6 nitrogen and oxygen atoms in total. The molecule has 0 aliphatic carbocycles. The molecular formula is C20H26N2O4S. The predicted octanol–water partition coefficient (Wildman–Crippen LogP) is 3.46. The molecule has 1 aromatic carbocycles. The first-order chi connectivity index (χ1) is 12.6. The molecule has 0 unspecified atom stereocenters. The molecule has 0 saturated heterocycles. The topological polar surface area (TPSA) is 85.4 Å². The number of rotatable bonds is 7. The molecule has 1 heterocycles. The monoisotopic (exact) mass is 390 g/mol. The Bertz CT molecular complexity index is 874. The first-order valence-electron chi connectivity index (χ1n) is 8.84. The summed E-state index contributed by atoms with van der Waals surface area (Å²) in [7, 11) is -3.68. The molecule has 146 valence electrons. The van der Waals surface area contributed by atoms with E-state index in [0.717, 1.165) is 5.56 Å². The Morgan fingerprint density at radius 2 is 1.78 bits per heavy atom. The molecule has 0 aliphatic heterocycles. The number of ether oxygens (including phenoxy) is 1. The zero-order valence-corrected chi connectivity index (χ0v) is 16.9. The van der Waals surface area contributed by atoms with E-state index in [1.165, 1.54) is 0 Å². The number of esters is 1. The molecule has 1 atom stereocenters. The number of nitrogens with one attached hydrogen (secondary N) is 1. The zero-order valence-electron chi connectivity index (χ0n) is 16.1.